The molecule has 1 aliphatic rings. The third kappa shape index (κ3) is 1.86. The first-order valence-electron chi connectivity index (χ1n) is 6.03. The maximum Gasteiger partial charge on any atom is 0.330 e. The minimum Gasteiger partial charge on any atom is -0.323 e. The number of rotatable bonds is 3. The van der Waals surface area contributed by atoms with Crippen molar-refractivity contribution in [3.8, 4) is 0 Å². The van der Waals surface area contributed by atoms with Crippen LogP contribution in [0.1, 0.15) is 25.7 Å². The second-order valence-electron chi connectivity index (χ2n) is 4.72. The van der Waals surface area contributed by atoms with E-state index in [0.29, 0.717) is 18.1 Å². The van der Waals surface area contributed by atoms with Gasteiger partial charge in [-0.25, -0.2) is 4.79 Å². The van der Waals surface area contributed by atoms with E-state index in [1.165, 1.54) is 23.8 Å². The highest BCUT2D eigenvalue weighted by Crippen LogP contribution is 2.29. The first-order valence-corrected chi connectivity index (χ1v) is 6.41. The molecule has 0 atom stereocenters. The summed E-state index contributed by atoms with van der Waals surface area (Å²) in [7, 11) is 0. The number of nitrogens with zero attached hydrogens (tertiary/aromatic N) is 2. The molecule has 0 radical (unpaired) electrons. The summed E-state index contributed by atoms with van der Waals surface area (Å²) in [4.78, 5) is 32.3. The fraction of sp³-hybridized carbons (Fsp3) is 0.545. The first kappa shape index (κ1) is 11.5. The summed E-state index contributed by atoms with van der Waals surface area (Å²) < 4.78 is 1.48. The number of aromatic nitrogens is 4. The van der Waals surface area contributed by atoms with E-state index in [9.17, 15) is 9.59 Å². The van der Waals surface area contributed by atoms with Crippen molar-refractivity contribution in [3.05, 3.63) is 26.1 Å². The van der Waals surface area contributed by atoms with Gasteiger partial charge in [0.15, 0.2) is 11.2 Å². The number of hydrogen-bond donors (Lipinski definition) is 2. The number of fused-ring (bicyclic) bond motifs is 1. The summed E-state index contributed by atoms with van der Waals surface area (Å²) in [5.41, 5.74) is -0.300. The van der Waals surface area contributed by atoms with Gasteiger partial charge in [0.1, 0.15) is 0 Å². The molecule has 1 aliphatic carbocycles. The topological polar surface area (TPSA) is 83.5 Å². The lowest BCUT2D eigenvalue weighted by atomic mass is 9.83. The van der Waals surface area contributed by atoms with Gasteiger partial charge in [-0.05, 0) is 23.9 Å². The van der Waals surface area contributed by atoms with Crippen molar-refractivity contribution in [2.75, 3.05) is 0 Å². The minimum atomic E-state index is -0.478. The molecule has 1 fully saturated rings. The van der Waals surface area contributed by atoms with E-state index < -0.39 is 11.2 Å². The van der Waals surface area contributed by atoms with E-state index in [4.69, 9.17) is 11.6 Å². The first-order chi connectivity index (χ1) is 8.65. The summed E-state index contributed by atoms with van der Waals surface area (Å²) in [6, 6.07) is 0. The molecule has 2 N–H and O–H groups in total. The van der Waals surface area contributed by atoms with Gasteiger partial charge in [-0.15, -0.1) is 0 Å². The lowest BCUT2D eigenvalue weighted by molar-refractivity contribution is 0.282. The van der Waals surface area contributed by atoms with Crippen molar-refractivity contribution in [2.24, 2.45) is 5.92 Å². The Morgan fingerprint density at radius 3 is 2.78 bits per heavy atom. The molecule has 0 aromatic carbocycles. The molecule has 0 unspecified atom stereocenters. The van der Waals surface area contributed by atoms with E-state index in [1.54, 1.807) is 0 Å². The predicted molar refractivity (Wildman–Crippen MR) is 67.9 cm³/mol. The van der Waals surface area contributed by atoms with Gasteiger partial charge in [-0.1, -0.05) is 19.3 Å². The zero-order chi connectivity index (χ0) is 12.7. The van der Waals surface area contributed by atoms with Gasteiger partial charge in [-0.2, -0.15) is 4.98 Å². The van der Waals surface area contributed by atoms with Crippen LogP contribution in [0.15, 0.2) is 9.59 Å². The zero-order valence-electron chi connectivity index (χ0n) is 9.70. The third-order valence-corrected chi connectivity index (χ3v) is 3.77. The highest BCUT2D eigenvalue weighted by molar-refractivity contribution is 6.28. The van der Waals surface area contributed by atoms with Crippen molar-refractivity contribution in [3.63, 3.8) is 0 Å². The number of halogens is 1. The van der Waals surface area contributed by atoms with Crippen molar-refractivity contribution >= 4 is 22.8 Å². The predicted octanol–water partition coefficient (Wildman–Crippen LogP) is 1.26. The molecule has 0 bridgehead atoms. The highest BCUT2D eigenvalue weighted by Gasteiger charge is 2.19. The monoisotopic (exact) mass is 268 g/mol. The van der Waals surface area contributed by atoms with Gasteiger partial charge in [0.2, 0.25) is 5.28 Å². The number of H-pyrrole nitrogens is 2. The summed E-state index contributed by atoms with van der Waals surface area (Å²) in [5, 5.41) is 0.124. The van der Waals surface area contributed by atoms with Crippen molar-refractivity contribution < 1.29 is 0 Å². The molecular formula is C11H13ClN4O2. The molecule has 0 spiro atoms. The molecule has 2 heterocycles. The van der Waals surface area contributed by atoms with Crippen molar-refractivity contribution in [1.29, 1.82) is 0 Å². The fourth-order valence-corrected chi connectivity index (χ4v) is 2.49. The van der Waals surface area contributed by atoms with Crippen LogP contribution in [0.2, 0.25) is 5.28 Å². The van der Waals surface area contributed by atoms with Gasteiger partial charge in [0.05, 0.1) is 0 Å². The average molecular weight is 269 g/mol. The van der Waals surface area contributed by atoms with Crippen LogP contribution in [-0.2, 0) is 6.54 Å². The molecule has 0 amide bonds. The Bertz CT molecular complexity index is 695. The van der Waals surface area contributed by atoms with Crippen LogP contribution in [0.3, 0.4) is 0 Å². The Balaban J connectivity index is 2.03. The molecule has 18 heavy (non-hydrogen) atoms. The number of aromatic amines is 2. The normalized spacial score (nSPS) is 16.1. The number of imidazole rings is 1. The standard InChI is InChI=1S/C11H13ClN4O2/c12-10-13-7-8(14-10)16(11(18)15-9(7)17)5-4-6-2-1-3-6/h6H,1-5H2,(H,13,14)(H,15,17,18). The van der Waals surface area contributed by atoms with Crippen LogP contribution in [-0.4, -0.2) is 19.5 Å². The Morgan fingerprint density at radius 2 is 2.11 bits per heavy atom. The second-order valence-corrected chi connectivity index (χ2v) is 5.08. The molecule has 7 heteroatoms. The van der Waals surface area contributed by atoms with Crippen LogP contribution >= 0.6 is 11.6 Å². The molecule has 6 nitrogen and oxygen atoms in total. The molecule has 2 aromatic rings. The zero-order valence-corrected chi connectivity index (χ0v) is 10.5. The average Bonchev–Trinajstić information content (AvgIpc) is 2.62. The minimum absolute atomic E-state index is 0.124. The molecular weight excluding hydrogens is 256 g/mol. The van der Waals surface area contributed by atoms with Crippen LogP contribution in [0.4, 0.5) is 0 Å². The number of aryl methyl sites for hydroxylation is 1. The lowest BCUT2D eigenvalue weighted by Gasteiger charge is -2.25. The molecule has 1 saturated carbocycles. The quantitative estimate of drug-likeness (QED) is 0.822. The number of hydrogen-bond acceptors (Lipinski definition) is 3. The fourth-order valence-electron chi connectivity index (χ4n) is 2.31. The van der Waals surface area contributed by atoms with Crippen LogP contribution < -0.4 is 11.2 Å². The molecule has 0 aliphatic heterocycles. The summed E-state index contributed by atoms with van der Waals surface area (Å²) in [5.74, 6) is 0.688. The smallest absolute Gasteiger partial charge is 0.323 e. The van der Waals surface area contributed by atoms with Crippen LogP contribution in [0.25, 0.3) is 11.2 Å². The Labute approximate surface area is 107 Å². The van der Waals surface area contributed by atoms with E-state index in [-0.39, 0.29) is 10.8 Å². The summed E-state index contributed by atoms with van der Waals surface area (Å²) in [6.07, 6.45) is 4.66. The lowest BCUT2D eigenvalue weighted by Crippen LogP contribution is -2.31. The Hall–Kier alpha value is -1.56. The van der Waals surface area contributed by atoms with E-state index in [0.717, 1.165) is 6.42 Å². The van der Waals surface area contributed by atoms with E-state index in [1.807, 2.05) is 0 Å². The SMILES string of the molecule is O=c1[nH]c(=O)n(CCC2CCC2)c2nc(Cl)[nH]c12. The molecule has 3 rings (SSSR count). The van der Waals surface area contributed by atoms with E-state index in [2.05, 4.69) is 15.0 Å². The maximum atomic E-state index is 11.8. The summed E-state index contributed by atoms with van der Waals surface area (Å²) >= 11 is 5.75. The largest absolute Gasteiger partial charge is 0.330 e. The van der Waals surface area contributed by atoms with Crippen molar-refractivity contribution in [2.45, 2.75) is 32.2 Å². The molecule has 2 aromatic heterocycles. The van der Waals surface area contributed by atoms with Gasteiger partial charge < -0.3 is 4.98 Å². The van der Waals surface area contributed by atoms with Gasteiger partial charge in [0, 0.05) is 6.54 Å². The Kier molecular flexibility index (Phi) is 2.74. The van der Waals surface area contributed by atoms with Gasteiger partial charge in [-0.3, -0.25) is 14.3 Å². The van der Waals surface area contributed by atoms with Gasteiger partial charge >= 0.3 is 5.69 Å². The number of nitrogens with one attached hydrogen (secondary N) is 2. The van der Waals surface area contributed by atoms with Crippen molar-refractivity contribution in [1.82, 2.24) is 19.5 Å². The Morgan fingerprint density at radius 1 is 1.33 bits per heavy atom. The van der Waals surface area contributed by atoms with Crippen LogP contribution in [0, 0.1) is 5.92 Å². The molecule has 96 valence electrons. The summed E-state index contributed by atoms with van der Waals surface area (Å²) in [6.45, 7) is 0.567. The highest BCUT2D eigenvalue weighted by atomic mass is 35.5. The maximum absolute atomic E-state index is 11.8. The molecule has 0 saturated heterocycles. The van der Waals surface area contributed by atoms with E-state index >= 15 is 0 Å². The van der Waals surface area contributed by atoms with Crippen LogP contribution in [0.5, 0.6) is 0 Å². The van der Waals surface area contributed by atoms with Gasteiger partial charge in [0.25, 0.3) is 5.56 Å². The third-order valence-electron chi connectivity index (χ3n) is 3.59. The second kappa shape index (κ2) is 4.28.